The fourth-order valence-electron chi connectivity index (χ4n) is 5.16. The van der Waals surface area contributed by atoms with Gasteiger partial charge >= 0.3 is 0 Å². The van der Waals surface area contributed by atoms with E-state index < -0.39 is 0 Å². The van der Waals surface area contributed by atoms with Gasteiger partial charge in [-0.3, -0.25) is 4.79 Å². The number of hydrogen-bond donors (Lipinski definition) is 0. The number of fused-ring (bicyclic) bond motifs is 4. The summed E-state index contributed by atoms with van der Waals surface area (Å²) in [7, 11) is 0. The van der Waals surface area contributed by atoms with Gasteiger partial charge < -0.3 is 19.3 Å². The van der Waals surface area contributed by atoms with Crippen molar-refractivity contribution in [1.29, 1.82) is 0 Å². The third-order valence-electron chi connectivity index (χ3n) is 7.16. The molecular weight excluding hydrogens is 448 g/mol. The number of aromatic nitrogens is 2. The standard InChI is InChI=1S/C26H30N4O3S/c1-15(2)23-27-24(22-18-6-4-16(3)12-21(18)34-25(22)28-23)29-8-10-30(11-9-29)26(31)17-5-7-19-20(13-17)33-14-32-19/h5,7,13,15-16H,4,6,8-12,14H2,1-3H3/t16-/m1/s1. The molecule has 1 amide bonds. The molecule has 0 radical (unpaired) electrons. The van der Waals surface area contributed by atoms with Crippen molar-refractivity contribution in [3.8, 4) is 11.5 Å². The van der Waals surface area contributed by atoms with E-state index >= 15 is 0 Å². The molecule has 1 fully saturated rings. The van der Waals surface area contributed by atoms with Crippen LogP contribution in [-0.2, 0) is 12.8 Å². The van der Waals surface area contributed by atoms with E-state index in [2.05, 4.69) is 25.7 Å². The van der Waals surface area contributed by atoms with Crippen LogP contribution < -0.4 is 14.4 Å². The van der Waals surface area contributed by atoms with Crippen molar-refractivity contribution < 1.29 is 14.3 Å². The zero-order valence-electron chi connectivity index (χ0n) is 20.0. The summed E-state index contributed by atoms with van der Waals surface area (Å²) >= 11 is 1.86. The fourth-order valence-corrected chi connectivity index (χ4v) is 6.54. The molecule has 1 aliphatic carbocycles. The lowest BCUT2D eigenvalue weighted by atomic mass is 9.89. The number of aryl methyl sites for hydroxylation is 1. The summed E-state index contributed by atoms with van der Waals surface area (Å²) in [5, 5.41) is 1.26. The number of thiophene rings is 1. The summed E-state index contributed by atoms with van der Waals surface area (Å²) in [5.74, 6) is 4.36. The van der Waals surface area contributed by atoms with E-state index in [1.54, 1.807) is 6.07 Å². The molecule has 2 aliphatic heterocycles. The van der Waals surface area contributed by atoms with Gasteiger partial charge in [0.2, 0.25) is 6.79 Å². The maximum absolute atomic E-state index is 13.2. The quantitative estimate of drug-likeness (QED) is 0.547. The van der Waals surface area contributed by atoms with Crippen molar-refractivity contribution in [2.24, 2.45) is 5.92 Å². The largest absolute Gasteiger partial charge is 0.454 e. The van der Waals surface area contributed by atoms with Crippen LogP contribution in [0.4, 0.5) is 5.82 Å². The fraction of sp³-hybridized carbons (Fsp3) is 0.500. The first-order valence-electron chi connectivity index (χ1n) is 12.2. The van der Waals surface area contributed by atoms with Crippen LogP contribution in [0.2, 0.25) is 0 Å². The van der Waals surface area contributed by atoms with Crippen LogP contribution >= 0.6 is 11.3 Å². The van der Waals surface area contributed by atoms with Gasteiger partial charge in [0.25, 0.3) is 5.91 Å². The Balaban J connectivity index is 1.27. The van der Waals surface area contributed by atoms with Crippen molar-refractivity contribution in [2.45, 2.75) is 46.0 Å². The van der Waals surface area contributed by atoms with Gasteiger partial charge in [0.05, 0.1) is 5.39 Å². The molecule has 3 aromatic rings. The average molecular weight is 479 g/mol. The molecule has 6 rings (SSSR count). The van der Waals surface area contributed by atoms with Crippen molar-refractivity contribution >= 4 is 33.3 Å². The zero-order valence-corrected chi connectivity index (χ0v) is 20.8. The SMILES string of the molecule is CC(C)c1nc(N2CCN(C(=O)c3ccc4c(c3)OCO4)CC2)c2c3c(sc2n1)C[C@H](C)CC3. The third-order valence-corrected chi connectivity index (χ3v) is 8.30. The number of benzene rings is 1. The Morgan fingerprint density at radius 1 is 1.12 bits per heavy atom. The van der Waals surface area contributed by atoms with Crippen LogP contribution in [0, 0.1) is 5.92 Å². The molecule has 1 saturated heterocycles. The smallest absolute Gasteiger partial charge is 0.254 e. The van der Waals surface area contributed by atoms with E-state index in [0.29, 0.717) is 30.2 Å². The molecule has 0 spiro atoms. The molecular formula is C26H30N4O3S. The number of anilines is 1. The minimum absolute atomic E-state index is 0.0376. The number of carbonyl (C=O) groups is 1. The first-order valence-corrected chi connectivity index (χ1v) is 13.1. The van der Waals surface area contributed by atoms with Crippen LogP contribution in [0.5, 0.6) is 11.5 Å². The topological polar surface area (TPSA) is 67.8 Å². The highest BCUT2D eigenvalue weighted by Crippen LogP contribution is 2.42. The van der Waals surface area contributed by atoms with Gasteiger partial charge in [0.1, 0.15) is 16.5 Å². The van der Waals surface area contributed by atoms with Gasteiger partial charge in [0.15, 0.2) is 11.5 Å². The molecule has 0 saturated carbocycles. The Labute approximate surface area is 203 Å². The van der Waals surface area contributed by atoms with Gasteiger partial charge in [-0.1, -0.05) is 20.8 Å². The van der Waals surface area contributed by atoms with E-state index in [9.17, 15) is 4.79 Å². The summed E-state index contributed by atoms with van der Waals surface area (Å²) in [6, 6.07) is 5.43. The monoisotopic (exact) mass is 478 g/mol. The molecule has 0 bridgehead atoms. The lowest BCUT2D eigenvalue weighted by Gasteiger charge is -2.36. The van der Waals surface area contributed by atoms with E-state index in [4.69, 9.17) is 19.4 Å². The van der Waals surface area contributed by atoms with Gasteiger partial charge in [-0.05, 0) is 48.9 Å². The Kier molecular flexibility index (Phi) is 5.36. The number of carbonyl (C=O) groups excluding carboxylic acids is 1. The number of piperazine rings is 1. The van der Waals surface area contributed by atoms with Gasteiger partial charge in [0, 0.05) is 42.5 Å². The normalized spacial score (nSPS) is 19.7. The molecule has 7 nitrogen and oxygen atoms in total. The predicted molar refractivity (Wildman–Crippen MR) is 133 cm³/mol. The number of ether oxygens (including phenoxy) is 2. The minimum atomic E-state index is 0.0376. The summed E-state index contributed by atoms with van der Waals surface area (Å²) in [5.41, 5.74) is 2.10. The first-order chi connectivity index (χ1) is 16.5. The number of hydrogen-bond acceptors (Lipinski definition) is 7. The Morgan fingerprint density at radius 2 is 1.91 bits per heavy atom. The van der Waals surface area contributed by atoms with Crippen LogP contribution in [-0.4, -0.2) is 53.7 Å². The lowest BCUT2D eigenvalue weighted by Crippen LogP contribution is -2.49. The molecule has 178 valence electrons. The highest BCUT2D eigenvalue weighted by molar-refractivity contribution is 7.19. The molecule has 0 unspecified atom stereocenters. The second kappa shape index (κ2) is 8.41. The summed E-state index contributed by atoms with van der Waals surface area (Å²) in [6.45, 7) is 9.73. The number of rotatable bonds is 3. The summed E-state index contributed by atoms with van der Waals surface area (Å²) < 4.78 is 10.8. The van der Waals surface area contributed by atoms with Crippen LogP contribution in [0.25, 0.3) is 10.2 Å². The van der Waals surface area contributed by atoms with Crippen molar-refractivity contribution in [2.75, 3.05) is 37.9 Å². The van der Waals surface area contributed by atoms with Crippen LogP contribution in [0.1, 0.15) is 59.7 Å². The molecule has 3 aliphatic rings. The first kappa shape index (κ1) is 21.6. The number of nitrogens with zero attached hydrogens (tertiary/aromatic N) is 4. The number of amides is 1. The maximum Gasteiger partial charge on any atom is 0.254 e. The zero-order chi connectivity index (χ0) is 23.4. The van der Waals surface area contributed by atoms with E-state index in [-0.39, 0.29) is 18.6 Å². The minimum Gasteiger partial charge on any atom is -0.454 e. The lowest BCUT2D eigenvalue weighted by molar-refractivity contribution is 0.0746. The predicted octanol–water partition coefficient (Wildman–Crippen LogP) is 4.63. The molecule has 34 heavy (non-hydrogen) atoms. The highest BCUT2D eigenvalue weighted by atomic mass is 32.1. The van der Waals surface area contributed by atoms with Crippen molar-refractivity contribution in [3.63, 3.8) is 0 Å². The van der Waals surface area contributed by atoms with E-state index in [1.165, 1.54) is 22.2 Å². The Morgan fingerprint density at radius 3 is 2.71 bits per heavy atom. The molecule has 0 N–H and O–H groups in total. The maximum atomic E-state index is 13.2. The molecule has 8 heteroatoms. The van der Waals surface area contributed by atoms with E-state index in [1.807, 2.05) is 28.4 Å². The average Bonchev–Trinajstić information content (AvgIpc) is 3.46. The summed E-state index contributed by atoms with van der Waals surface area (Å²) in [4.78, 5) is 30.1. The molecule has 2 aromatic heterocycles. The van der Waals surface area contributed by atoms with Crippen molar-refractivity contribution in [1.82, 2.24) is 14.9 Å². The Bertz CT molecular complexity index is 1260. The van der Waals surface area contributed by atoms with Crippen LogP contribution in [0.3, 0.4) is 0 Å². The van der Waals surface area contributed by atoms with Crippen LogP contribution in [0.15, 0.2) is 18.2 Å². The molecule has 1 atom stereocenters. The molecule has 4 heterocycles. The van der Waals surface area contributed by atoms with Gasteiger partial charge in [-0.15, -0.1) is 11.3 Å². The third kappa shape index (κ3) is 3.68. The highest BCUT2D eigenvalue weighted by Gasteiger charge is 2.29. The van der Waals surface area contributed by atoms with Crippen molar-refractivity contribution in [3.05, 3.63) is 40.0 Å². The second-order valence-electron chi connectivity index (χ2n) is 9.94. The van der Waals surface area contributed by atoms with Gasteiger partial charge in [-0.25, -0.2) is 9.97 Å². The molecule has 1 aromatic carbocycles. The summed E-state index contributed by atoms with van der Waals surface area (Å²) in [6.07, 6.45) is 3.48. The Hall–Kier alpha value is -2.87. The second-order valence-corrected chi connectivity index (χ2v) is 11.0. The van der Waals surface area contributed by atoms with Gasteiger partial charge in [-0.2, -0.15) is 0 Å². The van der Waals surface area contributed by atoms with E-state index in [0.717, 1.165) is 48.3 Å².